The maximum atomic E-state index is 4.48. The van der Waals surface area contributed by atoms with Gasteiger partial charge in [-0.1, -0.05) is 0 Å². The highest BCUT2D eigenvalue weighted by molar-refractivity contribution is 7.80. The predicted octanol–water partition coefficient (Wildman–Crippen LogP) is 1.20. The molecule has 2 heteroatoms. The van der Waals surface area contributed by atoms with E-state index in [0.29, 0.717) is 5.25 Å². The van der Waals surface area contributed by atoms with Crippen molar-refractivity contribution in [3.8, 4) is 0 Å². The fourth-order valence-corrected chi connectivity index (χ4v) is 2.54. The van der Waals surface area contributed by atoms with Crippen molar-refractivity contribution < 1.29 is 0 Å². The molecule has 2 heterocycles. The van der Waals surface area contributed by atoms with Gasteiger partial charge in [0.15, 0.2) is 0 Å². The molecule has 2 unspecified atom stereocenters. The summed E-state index contributed by atoms with van der Waals surface area (Å²) >= 11 is 4.48. The Morgan fingerprint density at radius 2 is 1.67 bits per heavy atom. The number of rotatable bonds is 0. The molecule has 0 saturated carbocycles. The van der Waals surface area contributed by atoms with Crippen molar-refractivity contribution in [2.24, 2.45) is 0 Å². The van der Waals surface area contributed by atoms with Crippen LogP contribution in [0.3, 0.4) is 0 Å². The van der Waals surface area contributed by atoms with Crippen molar-refractivity contribution in [3.63, 3.8) is 0 Å². The fraction of sp³-hybridized carbons (Fsp3) is 1.00. The Labute approximate surface area is 61.6 Å². The second-order valence-corrected chi connectivity index (χ2v) is 3.99. The molecule has 2 bridgehead atoms. The molecule has 0 aliphatic carbocycles. The lowest BCUT2D eigenvalue weighted by atomic mass is 10.1. The zero-order valence-electron chi connectivity index (χ0n) is 5.51. The molecule has 0 radical (unpaired) electrons. The van der Waals surface area contributed by atoms with E-state index in [1.54, 1.807) is 0 Å². The molecule has 0 aromatic rings. The first-order chi connectivity index (χ1) is 4.34. The second kappa shape index (κ2) is 2.17. The quantitative estimate of drug-likeness (QED) is 0.486. The van der Waals surface area contributed by atoms with Gasteiger partial charge in [0.25, 0.3) is 0 Å². The second-order valence-electron chi connectivity index (χ2n) is 3.26. The largest absolute Gasteiger partial charge is 0.311 e. The molecule has 1 nitrogen and oxygen atoms in total. The van der Waals surface area contributed by atoms with E-state index >= 15 is 0 Å². The predicted molar refractivity (Wildman–Crippen MR) is 42.0 cm³/mol. The van der Waals surface area contributed by atoms with E-state index in [-0.39, 0.29) is 0 Å². The first-order valence-corrected chi connectivity index (χ1v) is 4.30. The third-order valence-electron chi connectivity index (χ3n) is 2.45. The molecule has 0 spiro atoms. The summed E-state index contributed by atoms with van der Waals surface area (Å²) in [6, 6.07) is 1.62. The van der Waals surface area contributed by atoms with Gasteiger partial charge in [0.05, 0.1) is 0 Å². The van der Waals surface area contributed by atoms with Crippen molar-refractivity contribution in [2.45, 2.75) is 43.0 Å². The van der Waals surface area contributed by atoms with Crippen LogP contribution in [0.25, 0.3) is 0 Å². The minimum atomic E-state index is 0.684. The van der Waals surface area contributed by atoms with Crippen LogP contribution in [0.5, 0.6) is 0 Å². The molecule has 9 heavy (non-hydrogen) atoms. The van der Waals surface area contributed by atoms with Gasteiger partial charge < -0.3 is 5.32 Å². The summed E-state index contributed by atoms with van der Waals surface area (Å²) in [6.45, 7) is 0. The maximum absolute atomic E-state index is 4.48. The molecule has 0 aromatic carbocycles. The van der Waals surface area contributed by atoms with E-state index in [4.69, 9.17) is 0 Å². The topological polar surface area (TPSA) is 12.0 Å². The first kappa shape index (κ1) is 6.05. The van der Waals surface area contributed by atoms with Crippen LogP contribution in [0.1, 0.15) is 25.7 Å². The van der Waals surface area contributed by atoms with Crippen LogP contribution in [0.15, 0.2) is 0 Å². The van der Waals surface area contributed by atoms with Gasteiger partial charge in [0.2, 0.25) is 0 Å². The Balaban J connectivity index is 2.03. The number of hydrogen-bond acceptors (Lipinski definition) is 2. The van der Waals surface area contributed by atoms with Crippen molar-refractivity contribution in [2.75, 3.05) is 0 Å². The number of thiol groups is 1. The molecule has 2 rings (SSSR count). The Kier molecular flexibility index (Phi) is 1.46. The van der Waals surface area contributed by atoms with Crippen molar-refractivity contribution in [1.29, 1.82) is 0 Å². The van der Waals surface area contributed by atoms with Gasteiger partial charge in [0.1, 0.15) is 0 Å². The number of hydrogen-bond donors (Lipinski definition) is 2. The van der Waals surface area contributed by atoms with Crippen LogP contribution in [0.2, 0.25) is 0 Å². The molecule has 1 N–H and O–H groups in total. The van der Waals surface area contributed by atoms with Gasteiger partial charge in [-0.15, -0.1) is 0 Å². The Morgan fingerprint density at radius 3 is 2.22 bits per heavy atom. The average Bonchev–Trinajstić information content (AvgIpc) is 2.11. The number of piperidine rings is 1. The van der Waals surface area contributed by atoms with Crippen LogP contribution in [-0.2, 0) is 0 Å². The lowest BCUT2D eigenvalue weighted by molar-refractivity contribution is 0.416. The van der Waals surface area contributed by atoms with Crippen LogP contribution in [0.4, 0.5) is 0 Å². The van der Waals surface area contributed by atoms with E-state index < -0.39 is 0 Å². The van der Waals surface area contributed by atoms with Gasteiger partial charge in [0, 0.05) is 17.3 Å². The third kappa shape index (κ3) is 1.10. The third-order valence-corrected chi connectivity index (χ3v) is 2.87. The van der Waals surface area contributed by atoms with Crippen molar-refractivity contribution >= 4 is 12.6 Å². The maximum Gasteiger partial charge on any atom is 0.00806 e. The zero-order valence-corrected chi connectivity index (χ0v) is 6.40. The van der Waals surface area contributed by atoms with E-state index in [9.17, 15) is 0 Å². The molecule has 2 aliphatic rings. The summed E-state index contributed by atoms with van der Waals surface area (Å²) in [4.78, 5) is 0. The minimum absolute atomic E-state index is 0.684. The number of fused-ring (bicyclic) bond motifs is 2. The van der Waals surface area contributed by atoms with Crippen LogP contribution >= 0.6 is 12.6 Å². The molecule has 2 atom stereocenters. The molecular formula is C7H13NS. The normalized spacial score (nSPS) is 49.7. The van der Waals surface area contributed by atoms with E-state index in [1.165, 1.54) is 25.7 Å². The van der Waals surface area contributed by atoms with Gasteiger partial charge in [-0.3, -0.25) is 0 Å². The minimum Gasteiger partial charge on any atom is -0.311 e. The van der Waals surface area contributed by atoms with E-state index in [1.807, 2.05) is 0 Å². The highest BCUT2D eigenvalue weighted by Crippen LogP contribution is 2.29. The Bertz CT molecular complexity index is 103. The van der Waals surface area contributed by atoms with Crippen molar-refractivity contribution in [3.05, 3.63) is 0 Å². The van der Waals surface area contributed by atoms with Crippen molar-refractivity contribution in [1.82, 2.24) is 5.32 Å². The standard InChI is InChI=1S/C7H13NS/c9-7-3-5-1-2-6(4-7)8-5/h5-9H,1-4H2. The highest BCUT2D eigenvalue weighted by Gasteiger charge is 2.31. The lowest BCUT2D eigenvalue weighted by Crippen LogP contribution is -2.38. The van der Waals surface area contributed by atoms with E-state index in [0.717, 1.165) is 12.1 Å². The molecule has 2 fully saturated rings. The SMILES string of the molecule is SC1CC2CCC(C1)N2. The summed E-state index contributed by atoms with van der Waals surface area (Å²) in [5.74, 6) is 0. The summed E-state index contributed by atoms with van der Waals surface area (Å²) in [5.41, 5.74) is 0. The smallest absolute Gasteiger partial charge is 0.00806 e. The van der Waals surface area contributed by atoms with Gasteiger partial charge >= 0.3 is 0 Å². The highest BCUT2D eigenvalue weighted by atomic mass is 32.1. The summed E-state index contributed by atoms with van der Waals surface area (Å²) in [5, 5.41) is 4.26. The molecule has 2 aliphatic heterocycles. The fourth-order valence-electron chi connectivity index (χ4n) is 2.03. The lowest BCUT2D eigenvalue weighted by Gasteiger charge is -2.25. The van der Waals surface area contributed by atoms with Crippen LogP contribution in [-0.4, -0.2) is 17.3 Å². The number of nitrogens with one attached hydrogen (secondary N) is 1. The van der Waals surface area contributed by atoms with Gasteiger partial charge in [-0.05, 0) is 25.7 Å². The Morgan fingerprint density at radius 1 is 1.11 bits per heavy atom. The molecule has 0 aromatic heterocycles. The first-order valence-electron chi connectivity index (χ1n) is 3.79. The molecule has 0 amide bonds. The van der Waals surface area contributed by atoms with Crippen LogP contribution in [0, 0.1) is 0 Å². The molecule has 52 valence electrons. The molecule has 2 saturated heterocycles. The summed E-state index contributed by atoms with van der Waals surface area (Å²) < 4.78 is 0. The summed E-state index contributed by atoms with van der Waals surface area (Å²) in [7, 11) is 0. The van der Waals surface area contributed by atoms with Gasteiger partial charge in [-0.25, -0.2) is 0 Å². The zero-order chi connectivity index (χ0) is 6.27. The van der Waals surface area contributed by atoms with Crippen LogP contribution < -0.4 is 5.32 Å². The monoisotopic (exact) mass is 143 g/mol. The molecular weight excluding hydrogens is 130 g/mol. The average molecular weight is 143 g/mol. The Hall–Kier alpha value is 0.310. The summed E-state index contributed by atoms with van der Waals surface area (Å²) in [6.07, 6.45) is 5.36. The van der Waals surface area contributed by atoms with E-state index in [2.05, 4.69) is 17.9 Å². The van der Waals surface area contributed by atoms with Gasteiger partial charge in [-0.2, -0.15) is 12.6 Å².